The summed E-state index contributed by atoms with van der Waals surface area (Å²) in [5, 5.41) is 8.71. The summed E-state index contributed by atoms with van der Waals surface area (Å²) in [6.07, 6.45) is 7.32. The highest BCUT2D eigenvalue weighted by Gasteiger charge is 2.33. The van der Waals surface area contributed by atoms with Gasteiger partial charge in [-0.25, -0.2) is 0 Å². The van der Waals surface area contributed by atoms with Crippen LogP contribution in [0.5, 0.6) is 0 Å². The number of carbonyl (C=O) groups excluding carboxylic acids is 1. The van der Waals surface area contributed by atoms with Crippen LogP contribution in [0.15, 0.2) is 12.2 Å². The maximum atomic E-state index is 11.5. The van der Waals surface area contributed by atoms with Crippen molar-refractivity contribution in [2.24, 2.45) is 11.8 Å². The average Bonchev–Trinajstić information content (AvgIpc) is 2.49. The largest absolute Gasteiger partial charge is 0.481 e. The Morgan fingerprint density at radius 2 is 2.33 bits per heavy atom. The lowest BCUT2D eigenvalue weighted by Gasteiger charge is -2.11. The van der Waals surface area contributed by atoms with E-state index < -0.39 is 5.97 Å². The fourth-order valence-corrected chi connectivity index (χ4v) is 2.06. The van der Waals surface area contributed by atoms with Gasteiger partial charge in [-0.1, -0.05) is 25.5 Å². The number of rotatable bonds is 5. The standard InChI is InChI=1S/C12H18O3/c1-2-3-4-5-10-9(8-12(14)15)6-7-11(10)13/h4-5,9-10H,2-3,6-8H2,1H3,(H,14,15)/t9-,10-/m1/s1. The van der Waals surface area contributed by atoms with Gasteiger partial charge in [0.1, 0.15) is 5.78 Å². The van der Waals surface area contributed by atoms with Crippen molar-refractivity contribution in [2.75, 3.05) is 0 Å². The first-order valence-corrected chi connectivity index (χ1v) is 5.56. The lowest BCUT2D eigenvalue weighted by molar-refractivity contribution is -0.138. The summed E-state index contributed by atoms with van der Waals surface area (Å²) >= 11 is 0. The van der Waals surface area contributed by atoms with Crippen LogP contribution in [0.25, 0.3) is 0 Å². The quantitative estimate of drug-likeness (QED) is 0.709. The van der Waals surface area contributed by atoms with Crippen LogP contribution in [0.3, 0.4) is 0 Å². The Hall–Kier alpha value is -1.12. The van der Waals surface area contributed by atoms with Crippen LogP contribution in [0.4, 0.5) is 0 Å². The third kappa shape index (κ3) is 3.50. The fraction of sp³-hybridized carbons (Fsp3) is 0.667. The molecule has 1 aliphatic rings. The normalized spacial score (nSPS) is 26.3. The molecule has 0 unspecified atom stereocenters. The van der Waals surface area contributed by atoms with E-state index in [0.29, 0.717) is 6.42 Å². The van der Waals surface area contributed by atoms with Crippen molar-refractivity contribution in [3.05, 3.63) is 12.2 Å². The van der Waals surface area contributed by atoms with Crippen LogP contribution in [0.1, 0.15) is 39.0 Å². The third-order valence-corrected chi connectivity index (χ3v) is 2.88. The van der Waals surface area contributed by atoms with Gasteiger partial charge in [0, 0.05) is 18.8 Å². The first-order valence-electron chi connectivity index (χ1n) is 5.56. The van der Waals surface area contributed by atoms with E-state index in [1.165, 1.54) is 0 Å². The Balaban J connectivity index is 2.56. The number of carboxylic acids is 1. The van der Waals surface area contributed by atoms with Gasteiger partial charge in [-0.2, -0.15) is 0 Å². The lowest BCUT2D eigenvalue weighted by Crippen LogP contribution is -2.15. The number of hydrogen-bond acceptors (Lipinski definition) is 2. The SMILES string of the molecule is CCCC=C[C@H]1C(=O)CC[C@@H]1CC(=O)O. The van der Waals surface area contributed by atoms with Crippen molar-refractivity contribution in [2.45, 2.75) is 39.0 Å². The number of allylic oxidation sites excluding steroid dienone is 2. The van der Waals surface area contributed by atoms with E-state index in [9.17, 15) is 9.59 Å². The van der Waals surface area contributed by atoms with Crippen LogP contribution in [0, 0.1) is 11.8 Å². The van der Waals surface area contributed by atoms with Crippen molar-refractivity contribution in [1.29, 1.82) is 0 Å². The molecule has 0 aromatic carbocycles. The summed E-state index contributed by atoms with van der Waals surface area (Å²) in [4.78, 5) is 22.1. The zero-order valence-electron chi connectivity index (χ0n) is 9.11. The Kier molecular flexibility index (Phi) is 4.53. The molecule has 1 saturated carbocycles. The van der Waals surface area contributed by atoms with Crippen LogP contribution < -0.4 is 0 Å². The second kappa shape index (κ2) is 5.69. The van der Waals surface area contributed by atoms with E-state index in [-0.39, 0.29) is 24.0 Å². The van der Waals surface area contributed by atoms with Crippen molar-refractivity contribution in [1.82, 2.24) is 0 Å². The maximum Gasteiger partial charge on any atom is 0.303 e. The lowest BCUT2D eigenvalue weighted by atomic mass is 9.92. The maximum absolute atomic E-state index is 11.5. The van der Waals surface area contributed by atoms with E-state index in [2.05, 4.69) is 6.92 Å². The highest BCUT2D eigenvalue weighted by atomic mass is 16.4. The molecule has 3 heteroatoms. The van der Waals surface area contributed by atoms with Gasteiger partial charge in [-0.15, -0.1) is 0 Å². The molecule has 2 atom stereocenters. The van der Waals surface area contributed by atoms with Crippen LogP contribution in [0.2, 0.25) is 0 Å². The predicted octanol–water partition coefficient (Wildman–Crippen LogP) is 2.41. The first kappa shape index (κ1) is 12.0. The fourth-order valence-electron chi connectivity index (χ4n) is 2.06. The minimum atomic E-state index is -0.802. The molecule has 0 aliphatic heterocycles. The zero-order chi connectivity index (χ0) is 11.3. The summed E-state index contributed by atoms with van der Waals surface area (Å²) in [5.74, 6) is -0.729. The van der Waals surface area contributed by atoms with Crippen LogP contribution in [-0.4, -0.2) is 16.9 Å². The second-order valence-electron chi connectivity index (χ2n) is 4.11. The number of carboxylic acid groups (broad SMARTS) is 1. The van der Waals surface area contributed by atoms with Gasteiger partial charge in [0.25, 0.3) is 0 Å². The van der Waals surface area contributed by atoms with Crippen LogP contribution in [-0.2, 0) is 9.59 Å². The molecule has 1 fully saturated rings. The van der Waals surface area contributed by atoms with Crippen LogP contribution >= 0.6 is 0 Å². The van der Waals surface area contributed by atoms with E-state index in [1.54, 1.807) is 0 Å². The molecule has 0 aromatic heterocycles. The predicted molar refractivity (Wildman–Crippen MR) is 57.5 cm³/mol. The monoisotopic (exact) mass is 210 g/mol. The summed E-state index contributed by atoms with van der Waals surface area (Å²) < 4.78 is 0. The minimum Gasteiger partial charge on any atom is -0.481 e. The topological polar surface area (TPSA) is 54.4 Å². The number of ketones is 1. The van der Waals surface area contributed by atoms with Crippen molar-refractivity contribution >= 4 is 11.8 Å². The van der Waals surface area contributed by atoms with Crippen molar-refractivity contribution < 1.29 is 14.7 Å². The molecule has 0 bridgehead atoms. The summed E-state index contributed by atoms with van der Waals surface area (Å²) in [5.41, 5.74) is 0. The number of aliphatic carboxylic acids is 1. The van der Waals surface area contributed by atoms with E-state index in [4.69, 9.17) is 5.11 Å². The van der Waals surface area contributed by atoms with E-state index in [1.807, 2.05) is 12.2 Å². The minimum absolute atomic E-state index is 0.0168. The molecule has 0 spiro atoms. The van der Waals surface area contributed by atoms with E-state index >= 15 is 0 Å². The molecule has 0 radical (unpaired) electrons. The molecule has 1 N–H and O–H groups in total. The molecule has 84 valence electrons. The highest BCUT2D eigenvalue weighted by Crippen LogP contribution is 2.32. The molecule has 0 saturated heterocycles. The average molecular weight is 210 g/mol. The Bertz CT molecular complexity index is 268. The third-order valence-electron chi connectivity index (χ3n) is 2.88. The molecule has 1 aliphatic carbocycles. The second-order valence-corrected chi connectivity index (χ2v) is 4.11. The van der Waals surface area contributed by atoms with Crippen molar-refractivity contribution in [3.63, 3.8) is 0 Å². The molecule has 15 heavy (non-hydrogen) atoms. The zero-order valence-corrected chi connectivity index (χ0v) is 9.11. The number of carbonyl (C=O) groups is 2. The Morgan fingerprint density at radius 3 is 2.93 bits per heavy atom. The summed E-state index contributed by atoms with van der Waals surface area (Å²) in [7, 11) is 0. The molecule has 1 rings (SSSR count). The summed E-state index contributed by atoms with van der Waals surface area (Å²) in [6, 6.07) is 0. The molecule has 3 nitrogen and oxygen atoms in total. The van der Waals surface area contributed by atoms with Crippen molar-refractivity contribution in [3.8, 4) is 0 Å². The Morgan fingerprint density at radius 1 is 1.60 bits per heavy atom. The summed E-state index contributed by atoms with van der Waals surface area (Å²) in [6.45, 7) is 2.08. The molecular weight excluding hydrogens is 192 g/mol. The smallest absolute Gasteiger partial charge is 0.303 e. The first-order chi connectivity index (χ1) is 7.15. The van der Waals surface area contributed by atoms with Gasteiger partial charge in [-0.05, 0) is 18.8 Å². The number of Topliss-reactive ketones (excluding diaryl/α,β-unsaturated/α-hetero) is 1. The van der Waals surface area contributed by atoms with Gasteiger partial charge < -0.3 is 5.11 Å². The highest BCUT2D eigenvalue weighted by molar-refractivity contribution is 5.85. The molecule has 0 amide bonds. The molecule has 0 aromatic rings. The van der Waals surface area contributed by atoms with Gasteiger partial charge in [0.15, 0.2) is 0 Å². The Labute approximate surface area is 90.2 Å². The number of hydrogen-bond donors (Lipinski definition) is 1. The van der Waals surface area contributed by atoms with Gasteiger partial charge >= 0.3 is 5.97 Å². The van der Waals surface area contributed by atoms with Gasteiger partial charge in [0.2, 0.25) is 0 Å². The van der Waals surface area contributed by atoms with E-state index in [0.717, 1.165) is 19.3 Å². The molecule has 0 heterocycles. The number of unbranched alkanes of at least 4 members (excludes halogenated alkanes) is 1. The van der Waals surface area contributed by atoms with Gasteiger partial charge in [-0.3, -0.25) is 9.59 Å². The van der Waals surface area contributed by atoms with Gasteiger partial charge in [0.05, 0.1) is 0 Å². The molecular formula is C12H18O3.